The van der Waals surface area contributed by atoms with Crippen LogP contribution in [0.2, 0.25) is 5.02 Å². The van der Waals surface area contributed by atoms with Crippen LogP contribution in [0, 0.1) is 5.92 Å². The first-order valence-corrected chi connectivity index (χ1v) is 14.9. The maximum atomic E-state index is 13.2. The van der Waals surface area contributed by atoms with Crippen LogP contribution in [0.25, 0.3) is 22.2 Å². The van der Waals surface area contributed by atoms with Crippen molar-refractivity contribution >= 4 is 50.3 Å². The summed E-state index contributed by atoms with van der Waals surface area (Å²) >= 11 is 6.59. The average molecular weight is 597 g/mol. The van der Waals surface area contributed by atoms with Crippen LogP contribution < -0.4 is 10.6 Å². The lowest BCUT2D eigenvalue weighted by Crippen LogP contribution is -2.46. The Bertz CT molecular complexity index is 1680. The largest absolute Gasteiger partial charge is 0.444 e. The van der Waals surface area contributed by atoms with E-state index in [9.17, 15) is 18.0 Å². The SMILES string of the molecule is CC(C)C[C@@H](NC(=O)OC(C)(C)C)C(=O)Nc1ccc(-c2ccnc3c2ccn3S(=O)(=O)c2ccccc2)cc1Cl. The Morgan fingerprint density at radius 2 is 1.76 bits per heavy atom. The Morgan fingerprint density at radius 1 is 1.05 bits per heavy atom. The summed E-state index contributed by atoms with van der Waals surface area (Å²) in [5.41, 5.74) is 1.38. The van der Waals surface area contributed by atoms with E-state index < -0.39 is 33.7 Å². The number of nitrogens with one attached hydrogen (secondary N) is 2. The van der Waals surface area contributed by atoms with Crippen molar-refractivity contribution in [2.24, 2.45) is 5.92 Å². The highest BCUT2D eigenvalue weighted by molar-refractivity contribution is 7.90. The van der Waals surface area contributed by atoms with Gasteiger partial charge in [-0.25, -0.2) is 22.2 Å². The number of fused-ring (bicyclic) bond motifs is 1. The van der Waals surface area contributed by atoms with Gasteiger partial charge < -0.3 is 15.4 Å². The maximum Gasteiger partial charge on any atom is 0.408 e. The molecule has 2 aromatic carbocycles. The molecule has 0 spiro atoms. The summed E-state index contributed by atoms with van der Waals surface area (Å²) in [6.45, 7) is 9.15. The van der Waals surface area contributed by atoms with Crippen molar-refractivity contribution in [1.82, 2.24) is 14.3 Å². The number of halogens is 1. The molecule has 2 aromatic heterocycles. The lowest BCUT2D eigenvalue weighted by atomic mass is 10.0. The second-order valence-electron chi connectivity index (χ2n) is 11.0. The predicted octanol–water partition coefficient (Wildman–Crippen LogP) is 6.47. The molecule has 0 radical (unpaired) electrons. The Hall–Kier alpha value is -3.89. The molecule has 0 aliphatic carbocycles. The number of alkyl carbamates (subject to hydrolysis) is 1. The lowest BCUT2D eigenvalue weighted by molar-refractivity contribution is -0.118. The van der Waals surface area contributed by atoms with Crippen molar-refractivity contribution < 1.29 is 22.7 Å². The molecule has 2 N–H and O–H groups in total. The van der Waals surface area contributed by atoms with E-state index in [-0.39, 0.29) is 21.5 Å². The van der Waals surface area contributed by atoms with Crippen molar-refractivity contribution in [2.45, 2.75) is 57.6 Å². The highest BCUT2D eigenvalue weighted by Gasteiger charge is 2.26. The van der Waals surface area contributed by atoms with Crippen LogP contribution in [0.15, 0.2) is 78.0 Å². The number of amides is 2. The van der Waals surface area contributed by atoms with Crippen LogP contribution in [0.4, 0.5) is 10.5 Å². The van der Waals surface area contributed by atoms with Crippen LogP contribution >= 0.6 is 11.6 Å². The second kappa shape index (κ2) is 11.9. The quantitative estimate of drug-likeness (QED) is 0.240. The summed E-state index contributed by atoms with van der Waals surface area (Å²) in [6.07, 6.45) is 2.74. The molecule has 1 atom stereocenters. The highest BCUT2D eigenvalue weighted by Crippen LogP contribution is 2.34. The molecule has 0 saturated heterocycles. The Balaban J connectivity index is 1.59. The molecule has 9 nitrogen and oxygen atoms in total. The molecule has 2 heterocycles. The third-order valence-electron chi connectivity index (χ3n) is 6.11. The standard InChI is InChI=1S/C30H33ClN4O5S/c1-19(2)17-26(34-29(37)40-30(3,4)5)28(36)33-25-12-11-20(18-24(25)31)22-13-15-32-27-23(22)14-16-35(27)41(38,39)21-9-7-6-8-10-21/h6-16,18-19,26H,17H2,1-5H3,(H,33,36)(H,34,37)/t26-/m1/s1. The smallest absolute Gasteiger partial charge is 0.408 e. The Labute approximate surface area is 244 Å². The van der Waals surface area contributed by atoms with Gasteiger partial charge in [0.1, 0.15) is 11.6 Å². The normalized spacial score (nSPS) is 12.8. The minimum atomic E-state index is -3.84. The molecule has 0 bridgehead atoms. The molecule has 0 aliphatic heterocycles. The van der Waals surface area contributed by atoms with E-state index in [2.05, 4.69) is 15.6 Å². The number of benzene rings is 2. The number of nitrogens with zero attached hydrogens (tertiary/aromatic N) is 2. The summed E-state index contributed by atoms with van der Waals surface area (Å²) in [5, 5.41) is 6.36. The molecule has 2 amide bonds. The van der Waals surface area contributed by atoms with Gasteiger partial charge in [0.15, 0.2) is 5.65 Å². The van der Waals surface area contributed by atoms with Gasteiger partial charge in [-0.3, -0.25) is 4.79 Å². The van der Waals surface area contributed by atoms with E-state index in [1.54, 1.807) is 69.3 Å². The molecule has 0 aliphatic rings. The van der Waals surface area contributed by atoms with Crippen molar-refractivity contribution in [3.05, 3.63) is 78.1 Å². The van der Waals surface area contributed by atoms with E-state index in [1.807, 2.05) is 13.8 Å². The van der Waals surface area contributed by atoms with Gasteiger partial charge in [0.2, 0.25) is 5.91 Å². The number of hydrogen-bond acceptors (Lipinski definition) is 6. The summed E-state index contributed by atoms with van der Waals surface area (Å²) in [4.78, 5) is 30.0. The molecule has 0 fully saturated rings. The fourth-order valence-electron chi connectivity index (χ4n) is 4.32. The van der Waals surface area contributed by atoms with Crippen molar-refractivity contribution in [3.63, 3.8) is 0 Å². The summed E-state index contributed by atoms with van der Waals surface area (Å²) < 4.78 is 33.0. The lowest BCUT2D eigenvalue weighted by Gasteiger charge is -2.24. The van der Waals surface area contributed by atoms with E-state index in [4.69, 9.17) is 16.3 Å². The fourth-order valence-corrected chi connectivity index (χ4v) is 5.87. The summed E-state index contributed by atoms with van der Waals surface area (Å²) in [5.74, 6) is -0.292. The zero-order chi connectivity index (χ0) is 29.9. The molecule has 4 rings (SSSR count). The zero-order valence-electron chi connectivity index (χ0n) is 23.5. The van der Waals surface area contributed by atoms with E-state index >= 15 is 0 Å². The number of carbonyl (C=O) groups is 2. The average Bonchev–Trinajstić information content (AvgIpc) is 3.34. The predicted molar refractivity (Wildman–Crippen MR) is 160 cm³/mol. The van der Waals surface area contributed by atoms with Crippen molar-refractivity contribution in [1.29, 1.82) is 0 Å². The van der Waals surface area contributed by atoms with E-state index in [1.165, 1.54) is 24.5 Å². The van der Waals surface area contributed by atoms with Gasteiger partial charge in [0.05, 0.1) is 15.6 Å². The van der Waals surface area contributed by atoms with Crippen molar-refractivity contribution in [3.8, 4) is 11.1 Å². The molecular weight excluding hydrogens is 564 g/mol. The van der Waals surface area contributed by atoms with Gasteiger partial charge in [0.25, 0.3) is 10.0 Å². The monoisotopic (exact) mass is 596 g/mol. The number of rotatable bonds is 8. The minimum absolute atomic E-state index is 0.130. The van der Waals surface area contributed by atoms with Gasteiger partial charge in [0, 0.05) is 17.8 Å². The van der Waals surface area contributed by atoms with Gasteiger partial charge in [-0.05, 0) is 80.6 Å². The Morgan fingerprint density at radius 3 is 2.39 bits per heavy atom. The summed E-state index contributed by atoms with van der Waals surface area (Å²) in [6, 6.07) is 15.9. The molecule has 0 saturated carbocycles. The number of pyridine rings is 1. The topological polar surface area (TPSA) is 119 Å². The molecule has 41 heavy (non-hydrogen) atoms. The zero-order valence-corrected chi connectivity index (χ0v) is 25.1. The first-order chi connectivity index (χ1) is 19.3. The molecule has 4 aromatic rings. The number of aromatic nitrogens is 2. The Kier molecular flexibility index (Phi) is 8.74. The summed E-state index contributed by atoms with van der Waals surface area (Å²) in [7, 11) is -3.84. The van der Waals surface area contributed by atoms with Crippen LogP contribution in [-0.4, -0.2) is 41.0 Å². The minimum Gasteiger partial charge on any atom is -0.444 e. The van der Waals surface area contributed by atoms with E-state index in [0.717, 1.165) is 9.54 Å². The molecular formula is C30H33ClN4O5S. The second-order valence-corrected chi connectivity index (χ2v) is 13.3. The van der Waals surface area contributed by atoms with Crippen LogP contribution in [0.5, 0.6) is 0 Å². The van der Waals surface area contributed by atoms with Crippen molar-refractivity contribution in [2.75, 3.05) is 5.32 Å². The van der Waals surface area contributed by atoms with Gasteiger partial charge in [-0.15, -0.1) is 0 Å². The van der Waals surface area contributed by atoms with Gasteiger partial charge in [-0.1, -0.05) is 49.7 Å². The molecule has 11 heteroatoms. The fraction of sp³-hybridized carbons (Fsp3) is 0.300. The maximum absolute atomic E-state index is 13.2. The third-order valence-corrected chi connectivity index (χ3v) is 8.10. The number of carbonyl (C=O) groups excluding carboxylic acids is 2. The van der Waals surface area contributed by atoms with Gasteiger partial charge >= 0.3 is 6.09 Å². The number of anilines is 1. The van der Waals surface area contributed by atoms with Gasteiger partial charge in [-0.2, -0.15) is 0 Å². The van der Waals surface area contributed by atoms with Crippen LogP contribution in [0.3, 0.4) is 0 Å². The van der Waals surface area contributed by atoms with Crippen LogP contribution in [0.1, 0.15) is 41.0 Å². The van der Waals surface area contributed by atoms with Crippen LogP contribution in [-0.2, 0) is 19.6 Å². The number of hydrogen-bond donors (Lipinski definition) is 2. The first kappa shape index (κ1) is 30.1. The number of ether oxygens (including phenoxy) is 1. The highest BCUT2D eigenvalue weighted by atomic mass is 35.5. The van der Waals surface area contributed by atoms with E-state index in [0.29, 0.717) is 23.1 Å². The first-order valence-electron chi connectivity index (χ1n) is 13.1. The third kappa shape index (κ3) is 7.07. The molecule has 216 valence electrons. The molecule has 0 unspecified atom stereocenters.